The van der Waals surface area contributed by atoms with E-state index in [4.69, 9.17) is 4.74 Å². The molecule has 1 heterocycles. The Bertz CT molecular complexity index is 675. The van der Waals surface area contributed by atoms with E-state index < -0.39 is 17.8 Å². The molecule has 1 N–H and O–H groups in total. The summed E-state index contributed by atoms with van der Waals surface area (Å²) in [5, 5.41) is 4.54. The van der Waals surface area contributed by atoms with Crippen LogP contribution >= 0.6 is 27.3 Å². The molecule has 0 saturated carbocycles. The third-order valence-corrected chi connectivity index (χ3v) is 4.23. The van der Waals surface area contributed by atoms with Crippen molar-refractivity contribution in [1.82, 2.24) is 5.32 Å². The van der Waals surface area contributed by atoms with Crippen LogP contribution in [0.5, 0.6) is 5.75 Å². The second-order valence-electron chi connectivity index (χ2n) is 4.52. The number of halogens is 2. The predicted molar refractivity (Wildman–Crippen MR) is 85.2 cm³/mol. The van der Waals surface area contributed by atoms with Crippen molar-refractivity contribution in [3.63, 3.8) is 0 Å². The van der Waals surface area contributed by atoms with Crippen LogP contribution in [0.1, 0.15) is 24.3 Å². The van der Waals surface area contributed by atoms with Crippen molar-refractivity contribution in [3.8, 4) is 5.75 Å². The number of thiophene rings is 1. The molecule has 0 spiro atoms. The number of benzene rings is 1. The number of carbonyl (C=O) groups is 2. The van der Waals surface area contributed by atoms with E-state index in [1.807, 2.05) is 17.5 Å². The van der Waals surface area contributed by atoms with E-state index in [1.54, 1.807) is 6.07 Å². The van der Waals surface area contributed by atoms with E-state index in [-0.39, 0.29) is 18.1 Å². The predicted octanol–water partition coefficient (Wildman–Crippen LogP) is 3.82. The maximum absolute atomic E-state index is 13.7. The number of hydrogen-bond acceptors (Lipinski definition) is 4. The summed E-state index contributed by atoms with van der Waals surface area (Å²) in [5.41, 5.74) is 0. The van der Waals surface area contributed by atoms with Crippen molar-refractivity contribution < 1.29 is 18.7 Å². The van der Waals surface area contributed by atoms with E-state index in [1.165, 1.54) is 30.4 Å². The third-order valence-electron chi connectivity index (χ3n) is 2.75. The highest BCUT2D eigenvalue weighted by Crippen LogP contribution is 2.25. The van der Waals surface area contributed by atoms with E-state index >= 15 is 0 Å². The van der Waals surface area contributed by atoms with E-state index in [9.17, 15) is 14.0 Å². The lowest BCUT2D eigenvalue weighted by Gasteiger charge is -2.15. The van der Waals surface area contributed by atoms with Crippen LogP contribution in [-0.4, -0.2) is 11.9 Å². The highest BCUT2D eigenvalue weighted by Gasteiger charge is 2.20. The van der Waals surface area contributed by atoms with Gasteiger partial charge in [0.05, 0.1) is 12.5 Å². The van der Waals surface area contributed by atoms with Crippen molar-refractivity contribution in [3.05, 3.63) is 50.9 Å². The molecule has 0 aliphatic rings. The lowest BCUT2D eigenvalue weighted by molar-refractivity contribution is -0.135. The monoisotopic (exact) mass is 385 g/mol. The Balaban J connectivity index is 2.06. The summed E-state index contributed by atoms with van der Waals surface area (Å²) in [6, 6.07) is 7.33. The molecule has 7 heteroatoms. The van der Waals surface area contributed by atoms with Crippen LogP contribution in [-0.2, 0) is 9.59 Å². The summed E-state index contributed by atoms with van der Waals surface area (Å²) in [5.74, 6) is -1.63. The Hall–Kier alpha value is -1.73. The molecule has 0 radical (unpaired) electrons. The second-order valence-corrected chi connectivity index (χ2v) is 6.42. The number of nitrogens with one attached hydrogen (secondary N) is 1. The van der Waals surface area contributed by atoms with E-state index in [0.717, 1.165) is 4.88 Å². The van der Waals surface area contributed by atoms with Crippen LogP contribution < -0.4 is 10.1 Å². The maximum atomic E-state index is 13.7. The summed E-state index contributed by atoms with van der Waals surface area (Å²) < 4.78 is 19.2. The SMILES string of the molecule is CC(=O)NC(CC(=O)Oc1ccc(Br)cc1F)c1cccs1. The van der Waals surface area contributed by atoms with Gasteiger partial charge in [-0.25, -0.2) is 4.39 Å². The molecule has 0 aliphatic carbocycles. The molecular formula is C15H13BrFNO3S. The van der Waals surface area contributed by atoms with Crippen molar-refractivity contribution in [2.24, 2.45) is 0 Å². The molecule has 0 saturated heterocycles. The van der Waals surface area contributed by atoms with Crippen molar-refractivity contribution in [2.75, 3.05) is 0 Å². The minimum Gasteiger partial charge on any atom is -0.423 e. The van der Waals surface area contributed by atoms with Gasteiger partial charge in [0.15, 0.2) is 11.6 Å². The third kappa shape index (κ3) is 4.64. The lowest BCUT2D eigenvalue weighted by atomic mass is 10.1. The summed E-state index contributed by atoms with van der Waals surface area (Å²) >= 11 is 4.55. The molecule has 116 valence electrons. The lowest BCUT2D eigenvalue weighted by Crippen LogP contribution is -2.28. The first-order chi connectivity index (χ1) is 10.5. The zero-order valence-corrected chi connectivity index (χ0v) is 14.0. The fourth-order valence-electron chi connectivity index (χ4n) is 1.85. The maximum Gasteiger partial charge on any atom is 0.313 e. The van der Waals surface area contributed by atoms with Gasteiger partial charge < -0.3 is 10.1 Å². The Morgan fingerprint density at radius 1 is 1.41 bits per heavy atom. The number of esters is 1. The second kappa shape index (κ2) is 7.51. The van der Waals surface area contributed by atoms with Crippen LogP contribution in [0.4, 0.5) is 4.39 Å². The molecule has 0 aliphatic heterocycles. The molecule has 2 aromatic rings. The first-order valence-corrected chi connectivity index (χ1v) is 8.09. The first-order valence-electron chi connectivity index (χ1n) is 6.42. The highest BCUT2D eigenvalue weighted by atomic mass is 79.9. The van der Waals surface area contributed by atoms with Crippen molar-refractivity contribution >= 4 is 39.1 Å². The summed E-state index contributed by atoms with van der Waals surface area (Å²) in [6.45, 7) is 1.38. The van der Waals surface area contributed by atoms with Gasteiger partial charge in [-0.1, -0.05) is 22.0 Å². The van der Waals surface area contributed by atoms with Gasteiger partial charge in [0.25, 0.3) is 0 Å². The summed E-state index contributed by atoms with van der Waals surface area (Å²) in [4.78, 5) is 24.1. The molecule has 1 unspecified atom stereocenters. The molecule has 4 nitrogen and oxygen atoms in total. The van der Waals surface area contributed by atoms with Gasteiger partial charge in [0.2, 0.25) is 5.91 Å². The van der Waals surface area contributed by atoms with Gasteiger partial charge >= 0.3 is 5.97 Å². The first kappa shape index (κ1) is 16.6. The fourth-order valence-corrected chi connectivity index (χ4v) is 2.96. The summed E-state index contributed by atoms with van der Waals surface area (Å²) in [6.07, 6.45) is -0.0738. The van der Waals surface area contributed by atoms with Gasteiger partial charge in [0.1, 0.15) is 0 Å². The minimum absolute atomic E-state index is 0.0738. The quantitative estimate of drug-likeness (QED) is 0.628. The molecule has 1 aromatic heterocycles. The Kier molecular flexibility index (Phi) is 5.68. The topological polar surface area (TPSA) is 55.4 Å². The average molecular weight is 386 g/mol. The zero-order chi connectivity index (χ0) is 16.1. The van der Waals surface area contributed by atoms with E-state index in [2.05, 4.69) is 21.2 Å². The minimum atomic E-state index is -0.630. The van der Waals surface area contributed by atoms with Crippen LogP contribution in [0, 0.1) is 5.82 Å². The highest BCUT2D eigenvalue weighted by molar-refractivity contribution is 9.10. The van der Waals surface area contributed by atoms with Crippen LogP contribution in [0.3, 0.4) is 0 Å². The Morgan fingerprint density at radius 3 is 2.77 bits per heavy atom. The molecule has 2 rings (SSSR count). The van der Waals surface area contributed by atoms with Crippen LogP contribution in [0.15, 0.2) is 40.2 Å². The number of rotatable bonds is 5. The van der Waals surface area contributed by atoms with Crippen LogP contribution in [0.25, 0.3) is 0 Å². The van der Waals surface area contributed by atoms with Gasteiger partial charge in [-0.3, -0.25) is 9.59 Å². The molecule has 0 fully saturated rings. The summed E-state index contributed by atoms with van der Waals surface area (Å²) in [7, 11) is 0. The zero-order valence-electron chi connectivity index (χ0n) is 11.6. The molecule has 1 atom stereocenters. The Morgan fingerprint density at radius 2 is 2.18 bits per heavy atom. The molecule has 22 heavy (non-hydrogen) atoms. The Labute approximate surface area is 139 Å². The van der Waals surface area contributed by atoms with Gasteiger partial charge in [-0.15, -0.1) is 11.3 Å². The van der Waals surface area contributed by atoms with Gasteiger partial charge in [0, 0.05) is 16.3 Å². The van der Waals surface area contributed by atoms with Crippen molar-refractivity contribution in [1.29, 1.82) is 0 Å². The molecular weight excluding hydrogens is 373 g/mol. The molecule has 1 amide bonds. The molecule has 1 aromatic carbocycles. The number of ether oxygens (including phenoxy) is 1. The van der Waals surface area contributed by atoms with Crippen molar-refractivity contribution in [2.45, 2.75) is 19.4 Å². The van der Waals surface area contributed by atoms with Crippen LogP contribution in [0.2, 0.25) is 0 Å². The van der Waals surface area contributed by atoms with Gasteiger partial charge in [-0.2, -0.15) is 0 Å². The van der Waals surface area contributed by atoms with E-state index in [0.29, 0.717) is 4.47 Å². The number of hydrogen-bond donors (Lipinski definition) is 1. The number of carbonyl (C=O) groups excluding carboxylic acids is 2. The largest absolute Gasteiger partial charge is 0.423 e. The fraction of sp³-hybridized carbons (Fsp3) is 0.200. The standard InChI is InChI=1S/C15H13BrFNO3S/c1-9(19)18-12(14-3-2-6-22-14)8-15(20)21-13-5-4-10(16)7-11(13)17/h2-7,12H,8H2,1H3,(H,18,19). The normalized spacial score (nSPS) is 11.8. The average Bonchev–Trinajstić information content (AvgIpc) is 2.95. The van der Waals surface area contributed by atoms with Gasteiger partial charge in [-0.05, 0) is 29.6 Å². The number of amides is 1. The molecule has 0 bridgehead atoms. The smallest absolute Gasteiger partial charge is 0.313 e.